The molecule has 0 aliphatic rings. The summed E-state index contributed by atoms with van der Waals surface area (Å²) in [5.41, 5.74) is 2.74. The Morgan fingerprint density at radius 1 is 1.32 bits per heavy atom. The van der Waals surface area contributed by atoms with Gasteiger partial charge in [-0.05, 0) is 37.5 Å². The number of carbonyl (C=O) groups is 1. The summed E-state index contributed by atoms with van der Waals surface area (Å²) >= 11 is 0. The quantitative estimate of drug-likeness (QED) is 0.606. The van der Waals surface area contributed by atoms with Crippen LogP contribution < -0.4 is 10.3 Å². The molecular weight excluding hydrogens is 310 g/mol. The van der Waals surface area contributed by atoms with Crippen LogP contribution >= 0.6 is 0 Å². The number of amides is 1. The van der Waals surface area contributed by atoms with Crippen molar-refractivity contribution in [2.75, 3.05) is 0 Å². The van der Waals surface area contributed by atoms with Gasteiger partial charge in [0.2, 0.25) is 5.91 Å². The molecule has 8 nitrogen and oxygen atoms in total. The van der Waals surface area contributed by atoms with Crippen LogP contribution in [-0.2, 0) is 14.8 Å². The van der Waals surface area contributed by atoms with Gasteiger partial charge in [0, 0.05) is 12.0 Å². The molecular formula is C13H19N3O5S. The molecule has 1 amide bonds. The molecule has 1 aromatic carbocycles. The molecule has 1 unspecified atom stereocenters. The Bertz CT molecular complexity index is 700. The van der Waals surface area contributed by atoms with Gasteiger partial charge in [0.1, 0.15) is 0 Å². The van der Waals surface area contributed by atoms with E-state index in [9.17, 15) is 23.3 Å². The molecule has 0 aliphatic carbocycles. The summed E-state index contributed by atoms with van der Waals surface area (Å²) in [5, 5.41) is 11.1. The number of rotatable bonds is 6. The van der Waals surface area contributed by atoms with E-state index in [1.807, 2.05) is 4.83 Å². The van der Waals surface area contributed by atoms with Gasteiger partial charge in [-0.1, -0.05) is 13.8 Å². The Balaban J connectivity index is 3.15. The predicted octanol–water partition coefficient (Wildman–Crippen LogP) is 1.57. The smallest absolute Gasteiger partial charge is 0.277 e. The van der Waals surface area contributed by atoms with Crippen LogP contribution in [0.3, 0.4) is 0 Å². The lowest BCUT2D eigenvalue weighted by atomic mass is 10.1. The highest BCUT2D eigenvalue weighted by Gasteiger charge is 2.27. The number of nitro groups is 1. The maximum Gasteiger partial charge on any atom is 0.289 e. The second-order valence-corrected chi connectivity index (χ2v) is 6.72. The van der Waals surface area contributed by atoms with Crippen LogP contribution in [-0.4, -0.2) is 19.2 Å². The SMILES string of the molecule is CCC(C)C(=O)NNS(=O)(=O)c1cc(C)c(C)cc1[N+](=O)[O-]. The second-order valence-electron chi connectivity index (χ2n) is 5.07. The Labute approximate surface area is 129 Å². The minimum Gasteiger partial charge on any atom is -0.277 e. The van der Waals surface area contributed by atoms with Crippen molar-refractivity contribution >= 4 is 21.6 Å². The second kappa shape index (κ2) is 6.84. The molecule has 0 aliphatic heterocycles. The number of carbonyl (C=O) groups excluding carboxylic acids is 1. The van der Waals surface area contributed by atoms with E-state index in [0.29, 0.717) is 17.5 Å². The number of nitrogens with one attached hydrogen (secondary N) is 2. The first-order valence-electron chi connectivity index (χ1n) is 6.67. The zero-order chi connectivity index (χ0) is 17.1. The molecule has 1 rings (SSSR count). The average molecular weight is 329 g/mol. The van der Waals surface area contributed by atoms with E-state index >= 15 is 0 Å². The summed E-state index contributed by atoms with van der Waals surface area (Å²) in [6, 6.07) is 2.41. The summed E-state index contributed by atoms with van der Waals surface area (Å²) < 4.78 is 24.4. The number of nitrogens with zero attached hydrogens (tertiary/aromatic N) is 1. The molecule has 0 spiro atoms. The number of hydrogen-bond acceptors (Lipinski definition) is 5. The highest BCUT2D eigenvalue weighted by atomic mass is 32.2. The Morgan fingerprint density at radius 3 is 2.36 bits per heavy atom. The highest BCUT2D eigenvalue weighted by Crippen LogP contribution is 2.26. The topological polar surface area (TPSA) is 118 Å². The molecule has 1 atom stereocenters. The van der Waals surface area contributed by atoms with Crippen molar-refractivity contribution in [1.82, 2.24) is 10.3 Å². The maximum atomic E-state index is 12.2. The van der Waals surface area contributed by atoms with E-state index in [4.69, 9.17) is 0 Å². The van der Waals surface area contributed by atoms with Gasteiger partial charge in [0.15, 0.2) is 4.90 Å². The molecule has 0 bridgehead atoms. The predicted molar refractivity (Wildman–Crippen MR) is 80.5 cm³/mol. The molecule has 0 heterocycles. The van der Waals surface area contributed by atoms with Crippen molar-refractivity contribution in [2.24, 2.45) is 5.92 Å². The van der Waals surface area contributed by atoms with E-state index in [0.717, 1.165) is 0 Å². The third-order valence-electron chi connectivity index (χ3n) is 3.43. The van der Waals surface area contributed by atoms with Gasteiger partial charge in [0.05, 0.1) is 4.92 Å². The van der Waals surface area contributed by atoms with Crippen LogP contribution in [0.5, 0.6) is 0 Å². The number of nitro benzene ring substituents is 1. The Kier molecular flexibility index (Phi) is 5.61. The molecule has 0 radical (unpaired) electrons. The van der Waals surface area contributed by atoms with Crippen LogP contribution in [0.1, 0.15) is 31.4 Å². The average Bonchev–Trinajstić information content (AvgIpc) is 2.45. The van der Waals surface area contributed by atoms with E-state index in [1.165, 1.54) is 12.1 Å². The first-order valence-corrected chi connectivity index (χ1v) is 8.15. The largest absolute Gasteiger partial charge is 0.289 e. The molecule has 0 saturated heterocycles. The molecule has 0 saturated carbocycles. The summed E-state index contributed by atoms with van der Waals surface area (Å²) in [6.07, 6.45) is 0.539. The maximum absolute atomic E-state index is 12.2. The van der Waals surface area contributed by atoms with Gasteiger partial charge in [-0.2, -0.15) is 0 Å². The number of sulfonamides is 1. The summed E-state index contributed by atoms with van der Waals surface area (Å²) in [5.74, 6) is -0.880. The molecule has 1 aromatic rings. The number of hydrogen-bond donors (Lipinski definition) is 2. The fraction of sp³-hybridized carbons (Fsp3) is 0.462. The van der Waals surface area contributed by atoms with E-state index in [2.05, 4.69) is 5.43 Å². The lowest BCUT2D eigenvalue weighted by Crippen LogP contribution is -2.44. The summed E-state index contributed by atoms with van der Waals surface area (Å²) in [4.78, 5) is 23.3. The minimum absolute atomic E-state index is 0.377. The summed E-state index contributed by atoms with van der Waals surface area (Å²) in [7, 11) is -4.24. The van der Waals surface area contributed by atoms with Gasteiger partial charge in [-0.3, -0.25) is 20.3 Å². The fourth-order valence-electron chi connectivity index (χ4n) is 1.61. The molecule has 0 aromatic heterocycles. The van der Waals surface area contributed by atoms with Crippen molar-refractivity contribution in [2.45, 2.75) is 39.0 Å². The van der Waals surface area contributed by atoms with Crippen molar-refractivity contribution in [3.8, 4) is 0 Å². The van der Waals surface area contributed by atoms with Crippen LogP contribution in [0.2, 0.25) is 0 Å². The third-order valence-corrected chi connectivity index (χ3v) is 4.71. The monoisotopic (exact) mass is 329 g/mol. The first kappa shape index (κ1) is 18.1. The van der Waals surface area contributed by atoms with Crippen LogP contribution in [0.15, 0.2) is 17.0 Å². The third kappa shape index (κ3) is 4.01. The molecule has 22 heavy (non-hydrogen) atoms. The normalized spacial score (nSPS) is 12.7. The van der Waals surface area contributed by atoms with E-state index < -0.39 is 31.4 Å². The zero-order valence-corrected chi connectivity index (χ0v) is 13.7. The van der Waals surface area contributed by atoms with Crippen molar-refractivity contribution in [3.63, 3.8) is 0 Å². The van der Waals surface area contributed by atoms with Crippen LogP contribution in [0.25, 0.3) is 0 Å². The van der Waals surface area contributed by atoms with Crippen molar-refractivity contribution < 1.29 is 18.1 Å². The number of aryl methyl sites for hydroxylation is 2. The van der Waals surface area contributed by atoms with Gasteiger partial charge in [0.25, 0.3) is 15.7 Å². The van der Waals surface area contributed by atoms with Crippen molar-refractivity contribution in [3.05, 3.63) is 33.4 Å². The van der Waals surface area contributed by atoms with Crippen LogP contribution in [0.4, 0.5) is 5.69 Å². The highest BCUT2D eigenvalue weighted by molar-refractivity contribution is 7.89. The Morgan fingerprint density at radius 2 is 1.86 bits per heavy atom. The fourth-order valence-corrected chi connectivity index (χ4v) is 2.70. The first-order chi connectivity index (χ1) is 10.1. The van der Waals surface area contributed by atoms with Gasteiger partial charge in [-0.25, -0.2) is 8.42 Å². The molecule has 9 heteroatoms. The van der Waals surface area contributed by atoms with Crippen molar-refractivity contribution in [1.29, 1.82) is 0 Å². The molecule has 2 N–H and O–H groups in total. The molecule has 0 fully saturated rings. The number of benzene rings is 1. The molecule has 122 valence electrons. The van der Waals surface area contributed by atoms with E-state index in [-0.39, 0.29) is 5.92 Å². The summed E-state index contributed by atoms with van der Waals surface area (Å²) in [6.45, 7) is 6.72. The van der Waals surface area contributed by atoms with Crippen LogP contribution in [0, 0.1) is 29.9 Å². The minimum atomic E-state index is -4.24. The number of hydrazine groups is 1. The standard InChI is InChI=1S/C13H19N3O5S/c1-5-8(2)13(17)14-15-22(20,21)12-7-10(4)9(3)6-11(12)16(18)19/h6-8,15H,5H2,1-4H3,(H,14,17). The zero-order valence-electron chi connectivity index (χ0n) is 12.8. The lowest BCUT2D eigenvalue weighted by Gasteiger charge is -2.12. The lowest BCUT2D eigenvalue weighted by molar-refractivity contribution is -0.387. The van der Waals surface area contributed by atoms with Gasteiger partial charge >= 0.3 is 0 Å². The van der Waals surface area contributed by atoms with Gasteiger partial charge in [-0.15, -0.1) is 4.83 Å². The van der Waals surface area contributed by atoms with Gasteiger partial charge < -0.3 is 0 Å². The van der Waals surface area contributed by atoms with E-state index in [1.54, 1.807) is 27.7 Å². The Hall–Kier alpha value is -2.00.